The van der Waals surface area contributed by atoms with Crippen LogP contribution in [0, 0.1) is 5.82 Å². The number of methoxy groups -OCH3 is 1. The normalized spacial score (nSPS) is 16.7. The van der Waals surface area contributed by atoms with Crippen LogP contribution in [0.1, 0.15) is 16.8 Å². The maximum atomic E-state index is 14.6. The van der Waals surface area contributed by atoms with E-state index in [0.717, 1.165) is 10.8 Å². The first-order chi connectivity index (χ1) is 13.1. The summed E-state index contributed by atoms with van der Waals surface area (Å²) in [5.74, 6) is -0.131. The van der Waals surface area contributed by atoms with Gasteiger partial charge in [-0.3, -0.25) is 4.79 Å². The Morgan fingerprint density at radius 3 is 2.56 bits per heavy atom. The zero-order chi connectivity index (χ0) is 19.0. The molecule has 0 unspecified atom stereocenters. The fraction of sp³-hybridized carbons (Fsp3) is 0.227. The highest BCUT2D eigenvalue weighted by Crippen LogP contribution is 2.34. The molecule has 0 radical (unpaired) electrons. The van der Waals surface area contributed by atoms with Crippen LogP contribution in [0.5, 0.6) is 5.75 Å². The Bertz CT molecular complexity index is 1020. The molecule has 1 atom stereocenters. The monoisotopic (exact) mass is 367 g/mol. The lowest BCUT2D eigenvalue weighted by molar-refractivity contribution is 0.0785. The van der Waals surface area contributed by atoms with Gasteiger partial charge in [0.25, 0.3) is 5.91 Å². The Morgan fingerprint density at radius 2 is 1.85 bits per heavy atom. The van der Waals surface area contributed by atoms with Gasteiger partial charge in [0.1, 0.15) is 17.7 Å². The molecule has 3 aromatic carbocycles. The number of amides is 1. The minimum Gasteiger partial charge on any atom is -0.497 e. The molecule has 1 saturated heterocycles. The van der Waals surface area contributed by atoms with Crippen molar-refractivity contribution in [3.63, 3.8) is 0 Å². The van der Waals surface area contributed by atoms with Crippen LogP contribution in [0.3, 0.4) is 0 Å². The van der Waals surface area contributed by atoms with Gasteiger partial charge < -0.3 is 9.64 Å². The molecule has 1 aliphatic heterocycles. The van der Waals surface area contributed by atoms with Crippen LogP contribution in [0.25, 0.3) is 21.9 Å². The SMILES string of the molecule is COc1ccc(-c2cccc3c(C(=O)N4CC[C@H](F)C4)cccc23)c(F)c1. The summed E-state index contributed by atoms with van der Waals surface area (Å²) in [5, 5.41) is 1.51. The fourth-order valence-electron chi connectivity index (χ4n) is 3.64. The Labute approximate surface area is 156 Å². The second-order valence-electron chi connectivity index (χ2n) is 6.69. The van der Waals surface area contributed by atoms with Crippen molar-refractivity contribution in [3.05, 3.63) is 66.0 Å². The fourth-order valence-corrected chi connectivity index (χ4v) is 3.64. The molecule has 3 aromatic rings. The minimum absolute atomic E-state index is 0.127. The van der Waals surface area contributed by atoms with Crippen molar-refractivity contribution in [1.82, 2.24) is 4.90 Å². The number of hydrogen-bond donors (Lipinski definition) is 0. The number of halogens is 2. The van der Waals surface area contributed by atoms with E-state index in [9.17, 15) is 13.6 Å². The minimum atomic E-state index is -0.965. The molecular weight excluding hydrogens is 348 g/mol. The summed E-state index contributed by atoms with van der Waals surface area (Å²) in [6.45, 7) is 0.547. The van der Waals surface area contributed by atoms with Crippen LogP contribution in [0.2, 0.25) is 0 Å². The van der Waals surface area contributed by atoms with Crippen molar-refractivity contribution in [3.8, 4) is 16.9 Å². The Morgan fingerprint density at radius 1 is 1.07 bits per heavy atom. The van der Waals surface area contributed by atoms with Gasteiger partial charge in [-0.15, -0.1) is 0 Å². The number of rotatable bonds is 3. The van der Waals surface area contributed by atoms with Gasteiger partial charge >= 0.3 is 0 Å². The predicted octanol–water partition coefficient (Wildman–Crippen LogP) is 4.84. The number of carbonyl (C=O) groups is 1. The maximum Gasteiger partial charge on any atom is 0.254 e. The smallest absolute Gasteiger partial charge is 0.254 e. The van der Waals surface area contributed by atoms with E-state index < -0.39 is 12.0 Å². The number of hydrogen-bond acceptors (Lipinski definition) is 2. The largest absolute Gasteiger partial charge is 0.497 e. The molecule has 1 heterocycles. The van der Waals surface area contributed by atoms with Gasteiger partial charge in [0.2, 0.25) is 0 Å². The van der Waals surface area contributed by atoms with E-state index in [1.54, 1.807) is 35.2 Å². The molecule has 1 aliphatic rings. The summed E-state index contributed by atoms with van der Waals surface area (Å²) >= 11 is 0. The first-order valence-corrected chi connectivity index (χ1v) is 8.87. The van der Waals surface area contributed by atoms with E-state index in [1.807, 2.05) is 18.2 Å². The van der Waals surface area contributed by atoms with Crippen LogP contribution in [0.4, 0.5) is 8.78 Å². The van der Waals surface area contributed by atoms with Crippen LogP contribution < -0.4 is 4.74 Å². The zero-order valence-corrected chi connectivity index (χ0v) is 14.9. The van der Waals surface area contributed by atoms with Gasteiger partial charge in [-0.25, -0.2) is 8.78 Å². The highest BCUT2D eigenvalue weighted by atomic mass is 19.1. The predicted molar refractivity (Wildman–Crippen MR) is 101 cm³/mol. The third kappa shape index (κ3) is 3.14. The molecule has 0 spiro atoms. The summed E-state index contributed by atoms with van der Waals surface area (Å²) in [5.41, 5.74) is 1.65. The molecule has 138 valence electrons. The molecule has 0 N–H and O–H groups in total. The first kappa shape index (κ1) is 17.5. The standard InChI is InChI=1S/C22H19F2NO2/c1-27-15-8-9-19(21(24)12-15)17-5-2-6-18-16(17)4-3-7-20(18)22(26)25-11-10-14(23)13-25/h2-9,12,14H,10-11,13H2,1H3/t14-/m0/s1. The van der Waals surface area contributed by atoms with Gasteiger partial charge in [0.15, 0.2) is 0 Å². The van der Waals surface area contributed by atoms with Crippen LogP contribution in [-0.2, 0) is 0 Å². The van der Waals surface area contributed by atoms with Crippen molar-refractivity contribution in [2.45, 2.75) is 12.6 Å². The summed E-state index contributed by atoms with van der Waals surface area (Å²) in [4.78, 5) is 14.4. The molecule has 4 rings (SSSR count). The number of fused-ring (bicyclic) bond motifs is 1. The van der Waals surface area contributed by atoms with Crippen LogP contribution in [0.15, 0.2) is 54.6 Å². The lowest BCUT2D eigenvalue weighted by Crippen LogP contribution is -2.29. The average molecular weight is 367 g/mol. The molecule has 0 saturated carbocycles. The topological polar surface area (TPSA) is 29.5 Å². The Hall–Kier alpha value is -2.95. The number of likely N-dealkylation sites (tertiary alicyclic amines) is 1. The van der Waals surface area contributed by atoms with E-state index in [2.05, 4.69) is 0 Å². The molecular formula is C22H19F2NO2. The average Bonchev–Trinajstić information content (AvgIpc) is 3.13. The summed E-state index contributed by atoms with van der Waals surface area (Å²) in [6.07, 6.45) is -0.591. The van der Waals surface area contributed by atoms with E-state index in [4.69, 9.17) is 4.74 Å². The molecule has 27 heavy (non-hydrogen) atoms. The molecule has 5 heteroatoms. The van der Waals surface area contributed by atoms with Gasteiger partial charge in [-0.1, -0.05) is 30.3 Å². The number of benzene rings is 3. The van der Waals surface area contributed by atoms with Gasteiger partial charge in [0.05, 0.1) is 13.7 Å². The van der Waals surface area contributed by atoms with Crippen molar-refractivity contribution >= 4 is 16.7 Å². The van der Waals surface area contributed by atoms with Gasteiger partial charge in [-0.2, -0.15) is 0 Å². The second kappa shape index (κ2) is 6.99. The van der Waals surface area contributed by atoms with Gasteiger partial charge in [0, 0.05) is 23.7 Å². The van der Waals surface area contributed by atoms with E-state index in [-0.39, 0.29) is 12.5 Å². The molecule has 1 amide bonds. The summed E-state index contributed by atoms with van der Waals surface area (Å²) in [6, 6.07) is 15.6. The number of carbonyl (C=O) groups excluding carboxylic acids is 1. The number of nitrogens with zero attached hydrogens (tertiary/aromatic N) is 1. The number of alkyl halides is 1. The van der Waals surface area contributed by atoms with Crippen molar-refractivity contribution in [1.29, 1.82) is 0 Å². The molecule has 0 aromatic heterocycles. The lowest BCUT2D eigenvalue weighted by atomic mass is 9.95. The molecule has 0 aliphatic carbocycles. The third-order valence-corrected chi connectivity index (χ3v) is 5.04. The van der Waals surface area contributed by atoms with E-state index in [0.29, 0.717) is 35.4 Å². The third-order valence-electron chi connectivity index (χ3n) is 5.04. The van der Waals surface area contributed by atoms with Crippen molar-refractivity contribution in [2.24, 2.45) is 0 Å². The van der Waals surface area contributed by atoms with E-state index in [1.165, 1.54) is 13.2 Å². The Balaban J connectivity index is 1.82. The lowest BCUT2D eigenvalue weighted by Gasteiger charge is -2.17. The van der Waals surface area contributed by atoms with E-state index >= 15 is 0 Å². The van der Waals surface area contributed by atoms with Gasteiger partial charge in [-0.05, 0) is 41.0 Å². The molecule has 1 fully saturated rings. The quantitative estimate of drug-likeness (QED) is 0.663. The van der Waals surface area contributed by atoms with Crippen LogP contribution >= 0.6 is 0 Å². The summed E-state index contributed by atoms with van der Waals surface area (Å²) < 4.78 is 33.2. The summed E-state index contributed by atoms with van der Waals surface area (Å²) in [7, 11) is 1.49. The zero-order valence-electron chi connectivity index (χ0n) is 14.9. The molecule has 0 bridgehead atoms. The van der Waals surface area contributed by atoms with Crippen molar-refractivity contribution < 1.29 is 18.3 Å². The first-order valence-electron chi connectivity index (χ1n) is 8.87. The Kier molecular flexibility index (Phi) is 4.52. The maximum absolute atomic E-state index is 14.6. The second-order valence-corrected chi connectivity index (χ2v) is 6.69. The highest BCUT2D eigenvalue weighted by Gasteiger charge is 2.27. The number of ether oxygens (including phenoxy) is 1. The molecule has 3 nitrogen and oxygen atoms in total. The highest BCUT2D eigenvalue weighted by molar-refractivity contribution is 6.10. The van der Waals surface area contributed by atoms with Crippen LogP contribution in [-0.4, -0.2) is 37.2 Å². The van der Waals surface area contributed by atoms with Crippen molar-refractivity contribution in [2.75, 3.05) is 20.2 Å².